The zero-order valence-electron chi connectivity index (χ0n) is 11.5. The third-order valence-electron chi connectivity index (χ3n) is 0.866. The molecule has 20 heavy (non-hydrogen) atoms. The Hall–Kier alpha value is -2.08. The van der Waals surface area contributed by atoms with Crippen LogP contribution in [-0.2, 0) is 4.57 Å². The van der Waals surface area contributed by atoms with E-state index in [4.69, 9.17) is 53.6 Å². The lowest BCUT2D eigenvalue weighted by molar-refractivity contribution is -0.432. The normalized spacial score (nSPS) is 7.90. The van der Waals surface area contributed by atoms with Crippen molar-refractivity contribution in [2.75, 3.05) is 21.1 Å². The van der Waals surface area contributed by atoms with Crippen LogP contribution in [0.4, 0.5) is 0 Å². The van der Waals surface area contributed by atoms with Crippen molar-refractivity contribution in [2.24, 2.45) is 34.4 Å². The molecule has 0 saturated carbocycles. The van der Waals surface area contributed by atoms with Crippen LogP contribution in [0, 0.1) is 0 Å². The average Bonchev–Trinajstić information content (AvgIpc) is 2.28. The molecule has 0 rings (SSSR count). The van der Waals surface area contributed by atoms with Crippen molar-refractivity contribution in [3.63, 3.8) is 0 Å². The van der Waals surface area contributed by atoms with Gasteiger partial charge in [0.1, 0.15) is 0 Å². The van der Waals surface area contributed by atoms with Gasteiger partial charge in [0.2, 0.25) is 0 Å². The zero-order chi connectivity index (χ0) is 17.4. The molecule has 0 aromatic rings. The molecule has 0 amide bonds. The van der Waals surface area contributed by atoms with Crippen LogP contribution in [0.2, 0.25) is 0 Å². The number of phosphoric acid groups is 1. The number of nitrogens with one attached hydrogen (secondary N) is 3. The first-order valence-electron chi connectivity index (χ1n) is 4.71. The van der Waals surface area contributed by atoms with Gasteiger partial charge < -0.3 is 19.2 Å². The van der Waals surface area contributed by atoms with Crippen molar-refractivity contribution in [1.29, 1.82) is 0 Å². The van der Waals surface area contributed by atoms with Gasteiger partial charge in [0.25, 0.3) is 0 Å². The number of hydrogen-bond donors (Lipinski definition) is 9. The van der Waals surface area contributed by atoms with E-state index in [0.717, 1.165) is 0 Å². The lowest BCUT2D eigenvalue weighted by Gasteiger charge is -2.36. The molecule has 0 unspecified atom stereocenters. The smallest absolute Gasteiger partial charge is 0.338 e. The Balaban J connectivity index is -0.0000000853. The van der Waals surface area contributed by atoms with Gasteiger partial charge in [-0.15, -0.1) is 0 Å². The Morgan fingerprint density at radius 1 is 0.700 bits per heavy atom. The van der Waals surface area contributed by atoms with Crippen molar-refractivity contribution < 1.29 is 34.2 Å². The molecule has 0 fully saturated rings. The highest BCUT2D eigenvalue weighted by molar-refractivity contribution is 7.40. The fraction of sp³-hybridized carbons (Fsp3) is 0.500. The quantitative estimate of drug-likeness (QED) is 0.115. The summed E-state index contributed by atoms with van der Waals surface area (Å²) in [5.74, 6) is 0.764. The summed E-state index contributed by atoms with van der Waals surface area (Å²) >= 11 is 0. The van der Waals surface area contributed by atoms with Crippen molar-refractivity contribution >= 4 is 25.7 Å². The van der Waals surface area contributed by atoms with Gasteiger partial charge in [0, 0.05) is 0 Å². The Morgan fingerprint density at radius 3 is 0.750 bits per heavy atom. The topological polar surface area (TPSA) is 284 Å². The van der Waals surface area contributed by atoms with Crippen LogP contribution < -0.4 is 64.1 Å². The molecule has 0 bridgehead atoms. The second kappa shape index (κ2) is 16.9. The predicted octanol–water partition coefficient (Wildman–Crippen LogP) is -11.9. The first-order chi connectivity index (χ1) is 8.81. The summed E-state index contributed by atoms with van der Waals surface area (Å²) in [5, 5.41) is 0. The van der Waals surface area contributed by atoms with E-state index in [1.807, 2.05) is 0 Å². The summed E-state index contributed by atoms with van der Waals surface area (Å²) < 4.78 is 8.55. The van der Waals surface area contributed by atoms with E-state index in [9.17, 15) is 0 Å². The van der Waals surface area contributed by atoms with E-state index in [1.54, 1.807) is 21.1 Å². The Kier molecular flexibility index (Phi) is 22.4. The third kappa shape index (κ3) is 231. The molecule has 0 atom stereocenters. The summed E-state index contributed by atoms with van der Waals surface area (Å²) in [6.45, 7) is 0. The molecule has 0 aromatic carbocycles. The Bertz CT molecular complexity index is 292. The minimum absolute atomic E-state index is 0.255. The van der Waals surface area contributed by atoms with E-state index in [2.05, 4.69) is 15.0 Å². The van der Waals surface area contributed by atoms with Crippen LogP contribution in [0.15, 0.2) is 0 Å². The highest BCUT2D eigenvalue weighted by atomic mass is 31.2. The van der Waals surface area contributed by atoms with Crippen molar-refractivity contribution in [3.8, 4) is 0 Å². The van der Waals surface area contributed by atoms with Gasteiger partial charge >= 0.3 is 17.9 Å². The third-order valence-corrected chi connectivity index (χ3v) is 0.866. The SMILES string of the molecule is C[NH+]=C(N)N.C[NH+]=C(N)N.C[NH+]=C(N)N.O=P([O-])([O-])[O-]. The highest BCUT2D eigenvalue weighted by Gasteiger charge is 1.71. The van der Waals surface area contributed by atoms with Crippen LogP contribution in [0.1, 0.15) is 0 Å². The second-order valence-electron chi connectivity index (χ2n) is 2.56. The van der Waals surface area contributed by atoms with Crippen LogP contribution in [0.5, 0.6) is 0 Å². The predicted molar refractivity (Wildman–Crippen MR) is 68.4 cm³/mol. The summed E-state index contributed by atoms with van der Waals surface area (Å²) in [7, 11) is -0.403. The maximum absolute atomic E-state index is 8.55. The highest BCUT2D eigenvalue weighted by Crippen LogP contribution is 2.03. The van der Waals surface area contributed by atoms with Crippen molar-refractivity contribution in [3.05, 3.63) is 0 Å². The first-order valence-corrected chi connectivity index (χ1v) is 6.17. The van der Waals surface area contributed by atoms with E-state index in [0.29, 0.717) is 0 Å². The standard InChI is InChI=1S/3C2H7N3.H3O4P/c3*1-5-2(3)4;1-5(2,3)4/h3*1H3,(H4,3,4,5);(H3,1,2,3,4). The van der Waals surface area contributed by atoms with Crippen LogP contribution >= 0.6 is 7.82 Å². The number of hydrogen-bond acceptors (Lipinski definition) is 4. The molecule has 15 N–H and O–H groups in total. The molecule has 0 radical (unpaired) electrons. The molecular weight excluding hydrogens is 293 g/mol. The second-order valence-corrected chi connectivity index (χ2v) is 3.46. The van der Waals surface area contributed by atoms with Gasteiger partial charge in [-0.25, -0.2) is 0 Å². The molecule has 0 aliphatic rings. The van der Waals surface area contributed by atoms with Crippen LogP contribution in [-0.4, -0.2) is 39.0 Å². The van der Waals surface area contributed by atoms with Crippen molar-refractivity contribution in [1.82, 2.24) is 0 Å². The molecule has 0 spiro atoms. The Labute approximate surface area is 116 Å². The molecule has 0 saturated heterocycles. The lowest BCUT2D eigenvalue weighted by Crippen LogP contribution is -2.73. The molecule has 0 heterocycles. The van der Waals surface area contributed by atoms with E-state index in [-0.39, 0.29) is 17.9 Å². The number of rotatable bonds is 0. The largest absolute Gasteiger partial charge is 0.822 e. The Morgan fingerprint density at radius 2 is 0.750 bits per heavy atom. The fourth-order valence-corrected chi connectivity index (χ4v) is 0. The first kappa shape index (κ1) is 26.5. The van der Waals surface area contributed by atoms with Crippen LogP contribution in [0.25, 0.3) is 0 Å². The molecule has 14 heteroatoms. The van der Waals surface area contributed by atoms with Gasteiger partial charge in [0.15, 0.2) is 0 Å². The minimum atomic E-state index is -5.39. The summed E-state index contributed by atoms with van der Waals surface area (Å²) in [4.78, 5) is 33.1. The van der Waals surface area contributed by atoms with Gasteiger partial charge in [-0.05, 0) is 0 Å². The summed E-state index contributed by atoms with van der Waals surface area (Å²) in [6.07, 6.45) is 0. The molecule has 0 aromatic heterocycles. The number of guanidine groups is 3. The minimum Gasteiger partial charge on any atom is -0.822 e. The van der Waals surface area contributed by atoms with Crippen LogP contribution in [0.3, 0.4) is 0 Å². The van der Waals surface area contributed by atoms with Gasteiger partial charge in [0.05, 0.1) is 21.1 Å². The lowest BCUT2D eigenvalue weighted by atomic mass is 11.1. The van der Waals surface area contributed by atoms with Gasteiger partial charge in [-0.1, -0.05) is 0 Å². The molecule has 0 aliphatic carbocycles. The number of nitrogens with two attached hydrogens (primary N) is 6. The fourth-order valence-electron chi connectivity index (χ4n) is 0. The van der Waals surface area contributed by atoms with E-state index < -0.39 is 7.82 Å². The summed E-state index contributed by atoms with van der Waals surface area (Å²) in [6, 6.07) is 0. The van der Waals surface area contributed by atoms with Gasteiger partial charge in [-0.3, -0.25) is 49.4 Å². The summed E-state index contributed by atoms with van der Waals surface area (Å²) in [5.41, 5.74) is 29.2. The molecule has 13 nitrogen and oxygen atoms in total. The maximum atomic E-state index is 8.55. The molecule has 122 valence electrons. The maximum Gasteiger partial charge on any atom is 0.338 e. The zero-order valence-corrected chi connectivity index (χ0v) is 12.4. The monoisotopic (exact) mass is 317 g/mol. The van der Waals surface area contributed by atoms with Crippen molar-refractivity contribution in [2.45, 2.75) is 0 Å². The van der Waals surface area contributed by atoms with E-state index >= 15 is 0 Å². The molecule has 0 aliphatic heterocycles. The van der Waals surface area contributed by atoms with E-state index in [1.165, 1.54) is 0 Å². The van der Waals surface area contributed by atoms with Gasteiger partial charge in [-0.2, -0.15) is 7.82 Å². The molecular formula is C6H24N9O4P. The average molecular weight is 317 g/mol.